The largest absolute Gasteiger partial charge is 0.435 e. The van der Waals surface area contributed by atoms with Gasteiger partial charge < -0.3 is 9.64 Å². The molecule has 1 heterocycles. The highest BCUT2D eigenvalue weighted by Crippen LogP contribution is 2.18. The summed E-state index contributed by atoms with van der Waals surface area (Å²) in [6.45, 7) is 0.159. The predicted octanol–water partition coefficient (Wildman–Crippen LogP) is 4.01. The molecule has 0 aliphatic rings. The summed E-state index contributed by atoms with van der Waals surface area (Å²) in [6.07, 6.45) is 0. The van der Waals surface area contributed by atoms with Crippen molar-refractivity contribution in [3.8, 4) is 5.75 Å². The molecule has 3 nitrogen and oxygen atoms in total. The molecule has 1 amide bonds. The molecule has 0 spiro atoms. The van der Waals surface area contributed by atoms with Gasteiger partial charge in [0.2, 0.25) is 0 Å². The van der Waals surface area contributed by atoms with Crippen LogP contribution in [0.5, 0.6) is 5.75 Å². The first-order valence-electron chi connectivity index (χ1n) is 6.46. The van der Waals surface area contributed by atoms with Crippen molar-refractivity contribution >= 4 is 17.2 Å². The Bertz CT molecular complexity index is 570. The van der Waals surface area contributed by atoms with Crippen molar-refractivity contribution in [2.45, 2.75) is 20.1 Å². The van der Waals surface area contributed by atoms with Gasteiger partial charge >= 0.3 is 6.61 Å². The molecule has 2 rings (SSSR count). The molecule has 0 saturated heterocycles. The third kappa shape index (κ3) is 4.26. The van der Waals surface area contributed by atoms with Crippen LogP contribution in [0.15, 0.2) is 41.8 Å². The average molecular weight is 311 g/mol. The molecule has 112 valence electrons. The number of rotatable bonds is 6. The Morgan fingerprint density at radius 3 is 2.52 bits per heavy atom. The molecule has 0 unspecified atom stereocenters. The smallest absolute Gasteiger partial charge is 0.387 e. The molecule has 6 heteroatoms. The van der Waals surface area contributed by atoms with E-state index in [1.54, 1.807) is 16.2 Å². The highest BCUT2D eigenvalue weighted by molar-refractivity contribution is 7.09. The van der Waals surface area contributed by atoms with Crippen molar-refractivity contribution in [1.82, 2.24) is 4.90 Å². The van der Waals surface area contributed by atoms with E-state index < -0.39 is 6.61 Å². The number of benzene rings is 1. The molecule has 0 atom stereocenters. The second kappa shape index (κ2) is 7.17. The SMILES string of the molecule is CCN(Cc1cccs1)C(=O)c1ccc(OC(F)F)cc1. The minimum atomic E-state index is -2.86. The minimum Gasteiger partial charge on any atom is -0.435 e. The monoisotopic (exact) mass is 311 g/mol. The number of ether oxygens (including phenoxy) is 1. The first kappa shape index (κ1) is 15.4. The van der Waals surface area contributed by atoms with Gasteiger partial charge in [-0.3, -0.25) is 4.79 Å². The van der Waals surface area contributed by atoms with Gasteiger partial charge in [-0.2, -0.15) is 8.78 Å². The molecule has 21 heavy (non-hydrogen) atoms. The van der Waals surface area contributed by atoms with Crippen LogP contribution in [0, 0.1) is 0 Å². The number of alkyl halides is 2. The average Bonchev–Trinajstić information content (AvgIpc) is 2.97. The Kier molecular flexibility index (Phi) is 5.27. The van der Waals surface area contributed by atoms with Gasteiger partial charge in [0.1, 0.15) is 5.75 Å². The van der Waals surface area contributed by atoms with Crippen LogP contribution in [0.1, 0.15) is 22.2 Å². The third-order valence-corrected chi connectivity index (χ3v) is 3.78. The van der Waals surface area contributed by atoms with Gasteiger partial charge in [-0.15, -0.1) is 11.3 Å². The van der Waals surface area contributed by atoms with E-state index in [-0.39, 0.29) is 11.7 Å². The zero-order valence-corrected chi connectivity index (χ0v) is 12.3. The number of amides is 1. The van der Waals surface area contributed by atoms with E-state index in [1.807, 2.05) is 24.4 Å². The van der Waals surface area contributed by atoms with Crippen molar-refractivity contribution in [2.24, 2.45) is 0 Å². The van der Waals surface area contributed by atoms with E-state index in [9.17, 15) is 13.6 Å². The molecule has 0 saturated carbocycles. The highest BCUT2D eigenvalue weighted by atomic mass is 32.1. The van der Waals surface area contributed by atoms with E-state index in [0.29, 0.717) is 18.7 Å². The lowest BCUT2D eigenvalue weighted by Gasteiger charge is -2.20. The molecule has 2 aromatic rings. The van der Waals surface area contributed by atoms with E-state index in [2.05, 4.69) is 4.74 Å². The molecule has 0 bridgehead atoms. The van der Waals surface area contributed by atoms with Gasteiger partial charge in [0.15, 0.2) is 0 Å². The summed E-state index contributed by atoms with van der Waals surface area (Å²) >= 11 is 1.59. The van der Waals surface area contributed by atoms with E-state index in [0.717, 1.165) is 4.88 Å². The number of carbonyl (C=O) groups excluding carboxylic acids is 1. The summed E-state index contributed by atoms with van der Waals surface area (Å²) in [5.41, 5.74) is 0.454. The summed E-state index contributed by atoms with van der Waals surface area (Å²) in [4.78, 5) is 15.2. The summed E-state index contributed by atoms with van der Waals surface area (Å²) < 4.78 is 28.4. The molecule has 0 N–H and O–H groups in total. The summed E-state index contributed by atoms with van der Waals surface area (Å²) in [7, 11) is 0. The van der Waals surface area contributed by atoms with Gasteiger partial charge in [0.25, 0.3) is 5.91 Å². The normalized spacial score (nSPS) is 10.7. The van der Waals surface area contributed by atoms with E-state index >= 15 is 0 Å². The second-order valence-electron chi connectivity index (χ2n) is 4.30. The number of hydrogen-bond donors (Lipinski definition) is 0. The lowest BCUT2D eigenvalue weighted by atomic mass is 10.2. The summed E-state index contributed by atoms with van der Waals surface area (Å²) in [5.74, 6) is -0.0858. The fraction of sp³-hybridized carbons (Fsp3) is 0.267. The van der Waals surface area contributed by atoms with Crippen LogP contribution in [0.25, 0.3) is 0 Å². The standard InChI is InChI=1S/C15H15F2NO2S/c1-2-18(10-13-4-3-9-21-13)14(19)11-5-7-12(8-6-11)20-15(16)17/h3-9,15H,2,10H2,1H3. The van der Waals surface area contributed by atoms with Crippen molar-refractivity contribution in [3.05, 3.63) is 52.2 Å². The van der Waals surface area contributed by atoms with E-state index in [4.69, 9.17) is 0 Å². The Morgan fingerprint density at radius 2 is 2.00 bits per heavy atom. The van der Waals surface area contributed by atoms with Crippen molar-refractivity contribution < 1.29 is 18.3 Å². The molecular formula is C15H15F2NO2S. The maximum atomic E-state index is 12.4. The Morgan fingerprint density at radius 1 is 1.29 bits per heavy atom. The number of halogens is 2. The number of nitrogens with zero attached hydrogens (tertiary/aromatic N) is 1. The molecule has 1 aromatic heterocycles. The fourth-order valence-electron chi connectivity index (χ4n) is 1.88. The summed E-state index contributed by atoms with van der Waals surface area (Å²) in [5, 5.41) is 1.96. The maximum absolute atomic E-state index is 12.4. The van der Waals surface area contributed by atoms with Crippen LogP contribution in [-0.2, 0) is 6.54 Å². The van der Waals surface area contributed by atoms with Crippen molar-refractivity contribution in [3.63, 3.8) is 0 Å². The Hall–Kier alpha value is -1.95. The zero-order chi connectivity index (χ0) is 15.2. The van der Waals surface area contributed by atoms with Crippen LogP contribution in [-0.4, -0.2) is 24.0 Å². The maximum Gasteiger partial charge on any atom is 0.387 e. The lowest BCUT2D eigenvalue weighted by molar-refractivity contribution is -0.0498. The van der Waals surface area contributed by atoms with Crippen LogP contribution in [0.3, 0.4) is 0 Å². The fourth-order valence-corrected chi connectivity index (χ4v) is 2.60. The molecule has 1 aromatic carbocycles. The Labute approximate surface area is 125 Å². The van der Waals surface area contributed by atoms with Crippen LogP contribution in [0.2, 0.25) is 0 Å². The number of hydrogen-bond acceptors (Lipinski definition) is 3. The first-order valence-corrected chi connectivity index (χ1v) is 7.34. The van der Waals surface area contributed by atoms with Crippen molar-refractivity contribution in [1.29, 1.82) is 0 Å². The molecule has 0 aliphatic heterocycles. The summed E-state index contributed by atoms with van der Waals surface area (Å²) in [6, 6.07) is 9.65. The predicted molar refractivity (Wildman–Crippen MR) is 77.8 cm³/mol. The van der Waals surface area contributed by atoms with Gasteiger partial charge in [0, 0.05) is 17.0 Å². The minimum absolute atomic E-state index is 0.0443. The first-order chi connectivity index (χ1) is 10.1. The molecule has 0 aliphatic carbocycles. The van der Waals surface area contributed by atoms with Gasteiger partial charge in [-0.05, 0) is 42.6 Å². The van der Waals surface area contributed by atoms with Gasteiger partial charge in [0.05, 0.1) is 6.54 Å². The third-order valence-electron chi connectivity index (χ3n) is 2.92. The van der Waals surface area contributed by atoms with E-state index in [1.165, 1.54) is 24.3 Å². The zero-order valence-electron chi connectivity index (χ0n) is 11.5. The van der Waals surface area contributed by atoms with Crippen LogP contribution >= 0.6 is 11.3 Å². The number of thiophene rings is 1. The quantitative estimate of drug-likeness (QED) is 0.806. The second-order valence-corrected chi connectivity index (χ2v) is 5.33. The molecule has 0 radical (unpaired) electrons. The van der Waals surface area contributed by atoms with Gasteiger partial charge in [-0.25, -0.2) is 0 Å². The molecule has 0 fully saturated rings. The molecular weight excluding hydrogens is 296 g/mol. The van der Waals surface area contributed by atoms with Gasteiger partial charge in [-0.1, -0.05) is 6.07 Å². The van der Waals surface area contributed by atoms with Crippen LogP contribution in [0.4, 0.5) is 8.78 Å². The Balaban J connectivity index is 2.06. The van der Waals surface area contributed by atoms with Crippen LogP contribution < -0.4 is 4.74 Å². The lowest BCUT2D eigenvalue weighted by Crippen LogP contribution is -2.29. The number of carbonyl (C=O) groups is 1. The van der Waals surface area contributed by atoms with Crippen molar-refractivity contribution in [2.75, 3.05) is 6.54 Å². The topological polar surface area (TPSA) is 29.5 Å². The highest BCUT2D eigenvalue weighted by Gasteiger charge is 2.15.